The van der Waals surface area contributed by atoms with E-state index in [-0.39, 0.29) is 12.3 Å². The van der Waals surface area contributed by atoms with Gasteiger partial charge in [-0.05, 0) is 55.2 Å². The fraction of sp³-hybridized carbons (Fsp3) is 0.273. The normalized spacial score (nSPS) is 10.7. The lowest BCUT2D eigenvalue weighted by Gasteiger charge is -2.22. The van der Waals surface area contributed by atoms with Crippen LogP contribution in [0.4, 0.5) is 11.4 Å². The lowest BCUT2D eigenvalue weighted by Crippen LogP contribution is -2.17. The summed E-state index contributed by atoms with van der Waals surface area (Å²) in [6.45, 7) is 0. The van der Waals surface area contributed by atoms with Gasteiger partial charge in [0.1, 0.15) is 11.3 Å². The molecule has 7 heteroatoms. The third-order valence-electron chi connectivity index (χ3n) is 4.87. The van der Waals surface area contributed by atoms with E-state index >= 15 is 0 Å². The van der Waals surface area contributed by atoms with Crippen molar-refractivity contribution in [2.75, 3.05) is 19.1 Å². The molecule has 0 bridgehead atoms. The number of benzene rings is 2. The van der Waals surface area contributed by atoms with Crippen molar-refractivity contribution in [1.29, 1.82) is 0 Å². The van der Waals surface area contributed by atoms with Crippen molar-refractivity contribution < 1.29 is 19.2 Å². The molecule has 0 fully saturated rings. The third kappa shape index (κ3) is 4.75. The van der Waals surface area contributed by atoms with Crippen LogP contribution in [0.5, 0.6) is 5.75 Å². The number of hydrogen-bond donors (Lipinski definition) is 2. The first-order valence-electron chi connectivity index (χ1n) is 9.40. The molecular weight excluding hydrogens is 372 g/mol. The first-order chi connectivity index (χ1) is 14.0. The number of fused-ring (bicyclic) bond motifs is 1. The second kappa shape index (κ2) is 9.25. The highest BCUT2D eigenvalue weighted by atomic mass is 16.5. The van der Waals surface area contributed by atoms with Crippen LogP contribution >= 0.6 is 0 Å². The molecule has 2 N–H and O–H groups in total. The Morgan fingerprint density at radius 2 is 1.97 bits per heavy atom. The third-order valence-corrected chi connectivity index (χ3v) is 4.87. The molecule has 2 aromatic carbocycles. The van der Waals surface area contributed by atoms with Gasteiger partial charge >= 0.3 is 5.63 Å². The van der Waals surface area contributed by atoms with Gasteiger partial charge in [0.2, 0.25) is 5.91 Å². The van der Waals surface area contributed by atoms with Crippen molar-refractivity contribution in [3.8, 4) is 5.75 Å². The van der Waals surface area contributed by atoms with Crippen LogP contribution in [0, 0.1) is 0 Å². The van der Waals surface area contributed by atoms with Gasteiger partial charge in [-0.2, -0.15) is 0 Å². The number of nitrogens with zero attached hydrogens (tertiary/aromatic N) is 1. The monoisotopic (exact) mass is 396 g/mol. The number of para-hydroxylation sites is 1. The number of carbonyl (C=O) groups is 1. The molecule has 0 saturated carbocycles. The molecule has 1 amide bonds. The van der Waals surface area contributed by atoms with Crippen molar-refractivity contribution in [1.82, 2.24) is 5.48 Å². The minimum Gasteiger partial charge on any atom is -0.496 e. The summed E-state index contributed by atoms with van der Waals surface area (Å²) in [5.74, 6) is 0.381. The predicted octanol–water partition coefficient (Wildman–Crippen LogP) is 3.79. The van der Waals surface area contributed by atoms with Crippen LogP contribution < -0.4 is 20.7 Å². The minimum absolute atomic E-state index is 0.268. The summed E-state index contributed by atoms with van der Waals surface area (Å²) >= 11 is 0. The van der Waals surface area contributed by atoms with E-state index in [1.807, 2.05) is 48.3 Å². The minimum atomic E-state index is -0.401. The van der Waals surface area contributed by atoms with E-state index in [4.69, 9.17) is 14.4 Å². The topological polar surface area (TPSA) is 92.0 Å². The van der Waals surface area contributed by atoms with Gasteiger partial charge in [0.15, 0.2) is 0 Å². The molecule has 0 spiro atoms. The number of methoxy groups -OCH3 is 1. The maximum atomic E-state index is 12.0. The smallest absolute Gasteiger partial charge is 0.338 e. The summed E-state index contributed by atoms with van der Waals surface area (Å²) in [5.41, 5.74) is 4.45. The van der Waals surface area contributed by atoms with E-state index in [9.17, 15) is 9.59 Å². The molecular formula is C22H24N2O5. The number of ether oxygens (including phenoxy) is 1. The lowest BCUT2D eigenvalue weighted by atomic mass is 10.0. The maximum absolute atomic E-state index is 12.0. The quantitative estimate of drug-likeness (QED) is 0.261. The van der Waals surface area contributed by atoms with Gasteiger partial charge in [0.05, 0.1) is 12.8 Å². The Morgan fingerprint density at radius 3 is 2.72 bits per heavy atom. The zero-order valence-corrected chi connectivity index (χ0v) is 16.5. The number of nitrogens with one attached hydrogen (secondary N) is 1. The summed E-state index contributed by atoms with van der Waals surface area (Å²) in [4.78, 5) is 25.1. The van der Waals surface area contributed by atoms with Gasteiger partial charge in [-0.15, -0.1) is 0 Å². The molecule has 0 aliphatic rings. The van der Waals surface area contributed by atoms with E-state index in [1.54, 1.807) is 18.7 Å². The van der Waals surface area contributed by atoms with E-state index < -0.39 is 5.63 Å². The van der Waals surface area contributed by atoms with Crippen molar-refractivity contribution >= 4 is 28.3 Å². The van der Waals surface area contributed by atoms with E-state index in [0.29, 0.717) is 12.0 Å². The Kier molecular flexibility index (Phi) is 6.51. The number of anilines is 2. The summed E-state index contributed by atoms with van der Waals surface area (Å²) < 4.78 is 10.8. The standard InChI is InChI=1S/C22H24N2O5/c1-24(18-14-22(26)29-20-9-5-4-8-17(18)20)16-11-12-19(28-2)15(13-16)7-3-6-10-21(25)23-27/h4-5,8-9,11-14,27H,3,6-7,10H2,1-2H3,(H,23,25). The molecule has 0 unspecified atom stereocenters. The number of hydrogen-bond acceptors (Lipinski definition) is 6. The molecule has 1 heterocycles. The summed E-state index contributed by atoms with van der Waals surface area (Å²) in [7, 11) is 3.52. The average Bonchev–Trinajstić information content (AvgIpc) is 2.75. The van der Waals surface area contributed by atoms with Crippen molar-refractivity contribution in [2.24, 2.45) is 0 Å². The van der Waals surface area contributed by atoms with Gasteiger partial charge in [-0.1, -0.05) is 12.1 Å². The number of carbonyl (C=O) groups excluding carboxylic acids is 1. The van der Waals surface area contributed by atoms with Crippen LogP contribution in [0.3, 0.4) is 0 Å². The highest BCUT2D eigenvalue weighted by Crippen LogP contribution is 2.33. The molecule has 0 saturated heterocycles. The van der Waals surface area contributed by atoms with Gasteiger partial charge in [-0.25, -0.2) is 10.3 Å². The fourth-order valence-corrected chi connectivity index (χ4v) is 3.34. The molecule has 7 nitrogen and oxygen atoms in total. The van der Waals surface area contributed by atoms with E-state index in [0.717, 1.165) is 40.9 Å². The molecule has 3 rings (SSSR count). The fourth-order valence-electron chi connectivity index (χ4n) is 3.34. The Labute approximate surface area is 168 Å². The van der Waals surface area contributed by atoms with Crippen LogP contribution in [0.1, 0.15) is 24.8 Å². The number of unbranched alkanes of at least 4 members (excludes halogenated alkanes) is 1. The summed E-state index contributed by atoms with van der Waals surface area (Å²) in [6, 6.07) is 14.8. The second-order valence-electron chi connectivity index (χ2n) is 6.74. The van der Waals surface area contributed by atoms with Gasteiger partial charge in [0.25, 0.3) is 0 Å². The number of amides is 1. The predicted molar refractivity (Wildman–Crippen MR) is 111 cm³/mol. The van der Waals surface area contributed by atoms with Crippen molar-refractivity contribution in [3.63, 3.8) is 0 Å². The van der Waals surface area contributed by atoms with Gasteiger partial charge < -0.3 is 14.1 Å². The Bertz CT molecular complexity index is 1060. The van der Waals surface area contributed by atoms with E-state index in [2.05, 4.69) is 0 Å². The Hall–Kier alpha value is -3.32. The van der Waals surface area contributed by atoms with Crippen molar-refractivity contribution in [2.45, 2.75) is 25.7 Å². The maximum Gasteiger partial charge on any atom is 0.338 e. The molecule has 0 aliphatic heterocycles. The van der Waals surface area contributed by atoms with Gasteiger partial charge in [0, 0.05) is 30.6 Å². The zero-order chi connectivity index (χ0) is 20.8. The van der Waals surface area contributed by atoms with Crippen LogP contribution in [0.2, 0.25) is 0 Å². The lowest BCUT2D eigenvalue weighted by molar-refractivity contribution is -0.129. The van der Waals surface area contributed by atoms with Crippen LogP contribution in [-0.2, 0) is 11.2 Å². The highest BCUT2D eigenvalue weighted by Gasteiger charge is 2.13. The number of hydroxylamine groups is 1. The molecule has 0 atom stereocenters. The molecule has 0 radical (unpaired) electrons. The summed E-state index contributed by atoms with van der Waals surface area (Å²) in [6.07, 6.45) is 2.42. The van der Waals surface area contributed by atoms with Crippen LogP contribution in [0.25, 0.3) is 11.0 Å². The highest BCUT2D eigenvalue weighted by molar-refractivity contribution is 5.92. The largest absolute Gasteiger partial charge is 0.496 e. The molecule has 3 aromatic rings. The van der Waals surface area contributed by atoms with Crippen LogP contribution in [-0.4, -0.2) is 25.3 Å². The Morgan fingerprint density at radius 1 is 1.17 bits per heavy atom. The SMILES string of the molecule is COc1ccc(N(C)c2cc(=O)oc3ccccc23)cc1CCCCC(=O)NO. The van der Waals surface area contributed by atoms with Gasteiger partial charge in [-0.3, -0.25) is 10.0 Å². The van der Waals surface area contributed by atoms with Crippen molar-refractivity contribution in [3.05, 3.63) is 64.5 Å². The zero-order valence-electron chi connectivity index (χ0n) is 16.5. The first-order valence-corrected chi connectivity index (χ1v) is 9.40. The van der Waals surface area contributed by atoms with Crippen LogP contribution in [0.15, 0.2) is 57.7 Å². The second-order valence-corrected chi connectivity index (χ2v) is 6.74. The average molecular weight is 396 g/mol. The molecule has 0 aliphatic carbocycles. The molecule has 29 heavy (non-hydrogen) atoms. The molecule has 1 aromatic heterocycles. The number of rotatable bonds is 8. The summed E-state index contributed by atoms with van der Waals surface area (Å²) in [5, 5.41) is 9.43. The first kappa shape index (κ1) is 20.4. The molecule has 152 valence electrons. The van der Waals surface area contributed by atoms with E-state index in [1.165, 1.54) is 6.07 Å². The Balaban J connectivity index is 1.87. The number of aryl methyl sites for hydroxylation is 1.